The number of hydrogen-bond acceptors (Lipinski definition) is 4. The van der Waals surface area contributed by atoms with Crippen molar-refractivity contribution in [3.63, 3.8) is 0 Å². The van der Waals surface area contributed by atoms with Crippen molar-refractivity contribution in [2.45, 2.75) is 13.8 Å². The van der Waals surface area contributed by atoms with Crippen LogP contribution in [0.25, 0.3) is 0 Å². The van der Waals surface area contributed by atoms with E-state index in [0.717, 1.165) is 35.4 Å². The molecule has 0 saturated carbocycles. The lowest BCUT2D eigenvalue weighted by molar-refractivity contribution is -0.00000447. The van der Waals surface area contributed by atoms with Crippen molar-refractivity contribution in [1.29, 1.82) is 0 Å². The van der Waals surface area contributed by atoms with Crippen molar-refractivity contribution in [3.05, 3.63) is 34.3 Å². The lowest BCUT2D eigenvalue weighted by atomic mass is 10.2. The molecule has 1 rings (SSSR count). The Labute approximate surface area is 134 Å². The first-order chi connectivity index (χ1) is 8.72. The van der Waals surface area contributed by atoms with Crippen LogP contribution in [0.5, 0.6) is 0 Å². The number of thioether (sulfide) groups is 1. The van der Waals surface area contributed by atoms with E-state index in [1.54, 1.807) is 11.8 Å². The number of halogens is 2. The normalized spacial score (nSPS) is 11.5. The molecule has 0 bridgehead atoms. The Balaban J connectivity index is 0.00000324. The highest BCUT2D eigenvalue weighted by Gasteiger charge is 2.09. The molecule has 0 saturated heterocycles. The summed E-state index contributed by atoms with van der Waals surface area (Å²) in [5.74, 6) is 0.919. The molecule has 0 aromatic heterocycles. The van der Waals surface area contributed by atoms with Gasteiger partial charge in [0, 0.05) is 22.3 Å². The van der Waals surface area contributed by atoms with Gasteiger partial charge in [-0.3, -0.25) is 0 Å². The molecule has 0 aliphatic heterocycles. The van der Waals surface area contributed by atoms with Crippen LogP contribution in [0.1, 0.15) is 19.4 Å². The molecule has 0 heterocycles. The Morgan fingerprint density at radius 2 is 1.95 bits per heavy atom. The summed E-state index contributed by atoms with van der Waals surface area (Å²) in [6.07, 6.45) is 0. The van der Waals surface area contributed by atoms with Crippen molar-refractivity contribution < 1.29 is 17.6 Å². The molecule has 1 aromatic rings. The number of oxime groups is 1. The van der Waals surface area contributed by atoms with E-state index in [1.807, 2.05) is 24.3 Å². The van der Waals surface area contributed by atoms with Gasteiger partial charge in [-0.05, 0) is 19.2 Å². The minimum atomic E-state index is 0. The number of hydrogen-bond donors (Lipinski definition) is 1. The van der Waals surface area contributed by atoms with Gasteiger partial charge >= 0.3 is 0 Å². The Morgan fingerprint density at radius 1 is 1.32 bits per heavy atom. The fourth-order valence-corrected chi connectivity index (χ4v) is 3.14. The maximum absolute atomic E-state index is 9.12. The SMILES string of the molecule is CCN(CC)CCS/C(=N/O)c1ccccc1Br.[Cl-]. The van der Waals surface area contributed by atoms with Gasteiger partial charge < -0.3 is 22.5 Å². The smallest absolute Gasteiger partial charge is 0.144 e. The third-order valence-corrected chi connectivity index (χ3v) is 4.39. The minimum absolute atomic E-state index is 0. The summed E-state index contributed by atoms with van der Waals surface area (Å²) in [5.41, 5.74) is 0.935. The molecule has 108 valence electrons. The molecule has 0 fully saturated rings. The molecule has 3 nitrogen and oxygen atoms in total. The summed E-state index contributed by atoms with van der Waals surface area (Å²) in [6.45, 7) is 7.42. The summed E-state index contributed by atoms with van der Waals surface area (Å²) in [4.78, 5) is 2.35. The molecule has 0 aliphatic rings. The van der Waals surface area contributed by atoms with Gasteiger partial charge in [-0.1, -0.05) is 53.1 Å². The summed E-state index contributed by atoms with van der Waals surface area (Å²) in [7, 11) is 0. The van der Waals surface area contributed by atoms with Crippen LogP contribution in [0.2, 0.25) is 0 Å². The Bertz CT molecular complexity index is 400. The number of nitrogens with zero attached hydrogens (tertiary/aromatic N) is 2. The van der Waals surface area contributed by atoms with Gasteiger partial charge in [0.05, 0.1) is 0 Å². The van der Waals surface area contributed by atoms with Crippen molar-refractivity contribution in [2.75, 3.05) is 25.4 Å². The molecule has 1 aromatic carbocycles. The van der Waals surface area contributed by atoms with Gasteiger partial charge in [0.2, 0.25) is 0 Å². The zero-order valence-corrected chi connectivity index (χ0v) is 14.3. The number of benzene rings is 1. The van der Waals surface area contributed by atoms with E-state index in [9.17, 15) is 0 Å². The second kappa shape index (κ2) is 10.5. The van der Waals surface area contributed by atoms with Gasteiger partial charge in [0.15, 0.2) is 0 Å². The maximum atomic E-state index is 9.12. The van der Waals surface area contributed by atoms with Crippen LogP contribution >= 0.6 is 27.7 Å². The van der Waals surface area contributed by atoms with Crippen LogP contribution in [0.3, 0.4) is 0 Å². The second-order valence-electron chi connectivity index (χ2n) is 3.76. The van der Waals surface area contributed by atoms with Crippen LogP contribution in [-0.2, 0) is 0 Å². The van der Waals surface area contributed by atoms with Crippen LogP contribution in [0, 0.1) is 0 Å². The lowest BCUT2D eigenvalue weighted by Crippen LogP contribution is -3.00. The van der Waals surface area contributed by atoms with E-state index in [2.05, 4.69) is 39.8 Å². The fraction of sp³-hybridized carbons (Fsp3) is 0.462. The molecule has 1 N–H and O–H groups in total. The highest BCUT2D eigenvalue weighted by molar-refractivity contribution is 9.10. The molecule has 0 unspecified atom stereocenters. The molecule has 0 spiro atoms. The zero-order valence-electron chi connectivity index (χ0n) is 11.1. The average Bonchev–Trinajstić information content (AvgIpc) is 2.40. The van der Waals surface area contributed by atoms with Crippen molar-refractivity contribution in [3.8, 4) is 0 Å². The molecular formula is C13H19BrClN2OS-. The van der Waals surface area contributed by atoms with Crippen molar-refractivity contribution in [1.82, 2.24) is 4.90 Å². The van der Waals surface area contributed by atoms with Gasteiger partial charge in [-0.25, -0.2) is 0 Å². The van der Waals surface area contributed by atoms with Crippen molar-refractivity contribution in [2.24, 2.45) is 5.16 Å². The third kappa shape index (κ3) is 6.17. The summed E-state index contributed by atoms with van der Waals surface area (Å²) in [6, 6.07) is 7.79. The molecule has 0 atom stereocenters. The van der Waals surface area contributed by atoms with Crippen LogP contribution in [0.15, 0.2) is 33.9 Å². The highest BCUT2D eigenvalue weighted by atomic mass is 79.9. The van der Waals surface area contributed by atoms with Crippen LogP contribution < -0.4 is 12.4 Å². The Kier molecular flexibility index (Phi) is 10.4. The molecule has 0 aliphatic carbocycles. The first kappa shape index (κ1) is 18.8. The maximum Gasteiger partial charge on any atom is 0.144 e. The molecule has 19 heavy (non-hydrogen) atoms. The van der Waals surface area contributed by atoms with Gasteiger partial charge in [0.25, 0.3) is 0 Å². The van der Waals surface area contributed by atoms with Crippen LogP contribution in [0.4, 0.5) is 0 Å². The molecule has 0 radical (unpaired) electrons. The fourth-order valence-electron chi connectivity index (χ4n) is 1.61. The van der Waals surface area contributed by atoms with E-state index in [0.29, 0.717) is 5.04 Å². The third-order valence-electron chi connectivity index (χ3n) is 2.74. The van der Waals surface area contributed by atoms with E-state index >= 15 is 0 Å². The predicted molar refractivity (Wildman–Crippen MR) is 82.7 cm³/mol. The first-order valence-electron chi connectivity index (χ1n) is 6.05. The summed E-state index contributed by atoms with van der Waals surface area (Å²) in [5, 5.41) is 13.2. The Hall–Kier alpha value is -0.230. The average molecular weight is 367 g/mol. The lowest BCUT2D eigenvalue weighted by Gasteiger charge is -2.17. The van der Waals surface area contributed by atoms with Gasteiger partial charge in [-0.2, -0.15) is 0 Å². The Morgan fingerprint density at radius 3 is 2.47 bits per heavy atom. The molecule has 6 heteroatoms. The standard InChI is InChI=1S/C13H19BrN2OS.ClH/c1-3-16(4-2)9-10-18-13(15-17)11-7-5-6-8-12(11)14;/h5-8,17H,3-4,9-10H2,1-2H3;1H/p-1/b15-13+;. The first-order valence-corrected chi connectivity index (χ1v) is 7.82. The van der Waals surface area contributed by atoms with Crippen molar-refractivity contribution >= 4 is 32.7 Å². The minimum Gasteiger partial charge on any atom is -1.00 e. The van der Waals surface area contributed by atoms with E-state index < -0.39 is 0 Å². The van der Waals surface area contributed by atoms with Gasteiger partial charge in [-0.15, -0.1) is 11.8 Å². The van der Waals surface area contributed by atoms with E-state index in [-0.39, 0.29) is 12.4 Å². The summed E-state index contributed by atoms with van der Waals surface area (Å²) < 4.78 is 0.952. The summed E-state index contributed by atoms with van der Waals surface area (Å²) >= 11 is 5.05. The molecule has 0 amide bonds. The predicted octanol–water partition coefficient (Wildman–Crippen LogP) is 0.664. The van der Waals surface area contributed by atoms with Crippen LogP contribution in [-0.4, -0.2) is 40.5 Å². The topological polar surface area (TPSA) is 35.8 Å². The zero-order chi connectivity index (χ0) is 13.4. The number of rotatable bonds is 6. The van der Waals surface area contributed by atoms with E-state index in [1.165, 1.54) is 0 Å². The highest BCUT2D eigenvalue weighted by Crippen LogP contribution is 2.22. The van der Waals surface area contributed by atoms with E-state index in [4.69, 9.17) is 5.21 Å². The molecular weight excluding hydrogens is 348 g/mol. The quantitative estimate of drug-likeness (QED) is 0.348. The second-order valence-corrected chi connectivity index (χ2v) is 5.70. The largest absolute Gasteiger partial charge is 1.00 e. The van der Waals surface area contributed by atoms with Gasteiger partial charge in [0.1, 0.15) is 5.04 Å². The monoisotopic (exact) mass is 365 g/mol.